The Morgan fingerprint density at radius 2 is 1.64 bits per heavy atom. The highest BCUT2D eigenvalue weighted by molar-refractivity contribution is 7.22. The minimum Gasteiger partial charge on any atom is -0.494 e. The number of halogens is 3. The second kappa shape index (κ2) is 13.2. The number of alkyl halides is 3. The van der Waals surface area contributed by atoms with Crippen LogP contribution in [-0.4, -0.2) is 71.7 Å². The Bertz CT molecular complexity index is 1660. The Morgan fingerprint density at radius 3 is 2.26 bits per heavy atom. The van der Waals surface area contributed by atoms with E-state index in [1.54, 1.807) is 24.3 Å². The fourth-order valence-corrected chi connectivity index (χ4v) is 5.93. The number of carboxylic acid groups (broad SMARTS) is 1. The van der Waals surface area contributed by atoms with Crippen molar-refractivity contribution in [1.82, 2.24) is 14.8 Å². The minimum absolute atomic E-state index is 0.102. The molecule has 1 saturated heterocycles. The Balaban J connectivity index is 0.000000517. The van der Waals surface area contributed by atoms with Gasteiger partial charge in [0.15, 0.2) is 11.5 Å². The lowest BCUT2D eigenvalue weighted by molar-refractivity contribution is -0.192. The van der Waals surface area contributed by atoms with Crippen LogP contribution in [-0.2, 0) is 11.3 Å². The number of hydrogen-bond acceptors (Lipinski definition) is 7. The van der Waals surface area contributed by atoms with Gasteiger partial charge in [-0.1, -0.05) is 48.5 Å². The van der Waals surface area contributed by atoms with Crippen LogP contribution in [0.5, 0.6) is 5.75 Å². The van der Waals surface area contributed by atoms with Gasteiger partial charge in [-0.3, -0.25) is 19.0 Å². The number of aromatic nitrogens is 1. The summed E-state index contributed by atoms with van der Waals surface area (Å²) < 4.78 is 39.5. The van der Waals surface area contributed by atoms with Gasteiger partial charge in [-0.15, -0.1) is 11.3 Å². The number of nitrogens with one attached hydrogen (secondary N) is 1. The standard InChI is InChI=1S/C27H27N3O4S.C2HF3O2/c1-34-23-22-24(35-25(23)26(32)28-13-16-29-14-7-8-15-29)19-11-5-6-12-20(19)30(27(22)33)17-21(31)18-9-3-2-4-10-18;3-2(4,5)1(6)7/h2-6,9-12H,7-8,13-17H2,1H3,(H,28,32);(H,6,7). The highest BCUT2D eigenvalue weighted by Gasteiger charge is 2.38. The highest BCUT2D eigenvalue weighted by Crippen LogP contribution is 2.39. The number of ether oxygens (including phenoxy) is 1. The summed E-state index contributed by atoms with van der Waals surface area (Å²) in [5, 5.41) is 11.3. The third kappa shape index (κ3) is 6.80. The summed E-state index contributed by atoms with van der Waals surface area (Å²) in [6.45, 7) is 3.36. The van der Waals surface area contributed by atoms with Crippen LogP contribution >= 0.6 is 11.3 Å². The lowest BCUT2D eigenvalue weighted by Crippen LogP contribution is -2.33. The van der Waals surface area contributed by atoms with Crippen LogP contribution in [0.15, 0.2) is 59.4 Å². The van der Waals surface area contributed by atoms with E-state index >= 15 is 0 Å². The van der Waals surface area contributed by atoms with Gasteiger partial charge in [0.05, 0.1) is 23.9 Å². The smallest absolute Gasteiger partial charge is 0.490 e. The van der Waals surface area contributed by atoms with Crippen LogP contribution in [0.1, 0.15) is 32.9 Å². The van der Waals surface area contributed by atoms with Crippen molar-refractivity contribution < 1.29 is 37.4 Å². The van der Waals surface area contributed by atoms with Gasteiger partial charge in [-0.05, 0) is 32.0 Å². The zero-order chi connectivity index (χ0) is 30.4. The molecule has 2 aromatic carbocycles. The van der Waals surface area contributed by atoms with Crippen LogP contribution in [0.3, 0.4) is 0 Å². The van der Waals surface area contributed by atoms with Crippen LogP contribution in [0, 0.1) is 0 Å². The molecule has 5 rings (SSSR count). The van der Waals surface area contributed by atoms with E-state index in [9.17, 15) is 27.6 Å². The summed E-state index contributed by atoms with van der Waals surface area (Å²) >= 11 is 1.26. The molecule has 3 heterocycles. The third-order valence-corrected chi connectivity index (χ3v) is 7.93. The number of carboxylic acids is 1. The molecule has 0 radical (unpaired) electrons. The van der Waals surface area contributed by atoms with Crippen molar-refractivity contribution >= 4 is 50.0 Å². The first-order valence-electron chi connectivity index (χ1n) is 13.0. The lowest BCUT2D eigenvalue weighted by Gasteiger charge is -2.14. The maximum Gasteiger partial charge on any atom is 0.490 e. The Morgan fingerprint density at radius 1 is 1.02 bits per heavy atom. The molecule has 0 bridgehead atoms. The number of nitrogens with zero attached hydrogens (tertiary/aromatic N) is 2. The highest BCUT2D eigenvalue weighted by atomic mass is 32.1. The number of para-hydroxylation sites is 1. The van der Waals surface area contributed by atoms with Crippen molar-refractivity contribution in [3.8, 4) is 5.75 Å². The Kier molecular flexibility index (Phi) is 9.63. The van der Waals surface area contributed by atoms with E-state index < -0.39 is 12.1 Å². The first-order valence-corrected chi connectivity index (χ1v) is 13.9. The number of hydrogen-bond donors (Lipinski definition) is 2. The van der Waals surface area contributed by atoms with Crippen LogP contribution in [0.2, 0.25) is 0 Å². The molecule has 0 atom stereocenters. The molecule has 1 aliphatic heterocycles. The molecule has 1 fully saturated rings. The molecule has 1 amide bonds. The number of carbonyl (C=O) groups excluding carboxylic acids is 2. The topological polar surface area (TPSA) is 118 Å². The van der Waals surface area contributed by atoms with Crippen LogP contribution in [0.25, 0.3) is 21.0 Å². The number of thiophene rings is 1. The monoisotopic (exact) mass is 603 g/mol. The molecule has 2 N–H and O–H groups in total. The average molecular weight is 604 g/mol. The molecule has 0 spiro atoms. The average Bonchev–Trinajstić information content (AvgIpc) is 3.63. The zero-order valence-electron chi connectivity index (χ0n) is 22.6. The molecule has 0 aliphatic carbocycles. The fourth-order valence-electron chi connectivity index (χ4n) is 4.72. The normalized spacial score (nSPS) is 13.5. The molecular formula is C29H28F3N3O6S. The summed E-state index contributed by atoms with van der Waals surface area (Å²) in [5.74, 6) is -2.91. The number of fused-ring (bicyclic) bond motifs is 3. The van der Waals surface area contributed by atoms with Crippen molar-refractivity contribution in [2.24, 2.45) is 0 Å². The van der Waals surface area contributed by atoms with Gasteiger partial charge in [0.1, 0.15) is 10.3 Å². The molecule has 4 aromatic rings. The maximum atomic E-state index is 13.7. The van der Waals surface area contributed by atoms with Gasteiger partial charge < -0.3 is 20.1 Å². The van der Waals surface area contributed by atoms with Gasteiger partial charge in [-0.2, -0.15) is 13.2 Å². The summed E-state index contributed by atoms with van der Waals surface area (Å²) in [6, 6.07) is 16.4. The molecule has 13 heteroatoms. The summed E-state index contributed by atoms with van der Waals surface area (Å²) in [5.41, 5.74) is 0.852. The number of carbonyl (C=O) groups is 3. The van der Waals surface area contributed by atoms with E-state index in [1.165, 1.54) is 35.9 Å². The number of amides is 1. The second-order valence-electron chi connectivity index (χ2n) is 9.47. The van der Waals surface area contributed by atoms with Crippen molar-refractivity contribution in [3.05, 3.63) is 75.4 Å². The predicted octanol–water partition coefficient (Wildman–Crippen LogP) is 4.57. The van der Waals surface area contributed by atoms with Gasteiger partial charge in [-0.25, -0.2) is 4.79 Å². The van der Waals surface area contributed by atoms with Crippen molar-refractivity contribution in [2.45, 2.75) is 25.6 Å². The number of pyridine rings is 1. The van der Waals surface area contributed by atoms with Crippen molar-refractivity contribution in [1.29, 1.82) is 0 Å². The molecule has 222 valence electrons. The number of benzene rings is 2. The van der Waals surface area contributed by atoms with E-state index in [4.69, 9.17) is 14.6 Å². The van der Waals surface area contributed by atoms with E-state index in [1.807, 2.05) is 30.3 Å². The van der Waals surface area contributed by atoms with Crippen molar-refractivity contribution in [3.63, 3.8) is 0 Å². The quantitative estimate of drug-likeness (QED) is 0.284. The number of likely N-dealkylation sites (tertiary alicyclic amines) is 1. The number of Topliss-reactive ketones (excluding diaryl/α,β-unsaturated/α-hetero) is 1. The lowest BCUT2D eigenvalue weighted by atomic mass is 10.1. The van der Waals surface area contributed by atoms with Gasteiger partial charge in [0, 0.05) is 24.0 Å². The predicted molar refractivity (Wildman–Crippen MR) is 153 cm³/mol. The molecular weight excluding hydrogens is 575 g/mol. The van der Waals surface area contributed by atoms with Crippen LogP contribution in [0.4, 0.5) is 13.2 Å². The molecule has 42 heavy (non-hydrogen) atoms. The first-order chi connectivity index (χ1) is 20.0. The number of methoxy groups -OCH3 is 1. The third-order valence-electron chi connectivity index (χ3n) is 6.73. The van der Waals surface area contributed by atoms with E-state index in [-0.39, 0.29) is 29.5 Å². The molecule has 0 saturated carbocycles. The fraction of sp³-hybridized carbons (Fsp3) is 0.310. The number of ketones is 1. The molecule has 0 unspecified atom stereocenters. The minimum atomic E-state index is -5.08. The zero-order valence-corrected chi connectivity index (χ0v) is 23.4. The maximum absolute atomic E-state index is 13.7. The largest absolute Gasteiger partial charge is 0.494 e. The van der Waals surface area contributed by atoms with Gasteiger partial charge in [0.25, 0.3) is 11.5 Å². The molecule has 9 nitrogen and oxygen atoms in total. The number of aliphatic carboxylic acids is 1. The molecule has 2 aromatic heterocycles. The Labute approximate surface area is 242 Å². The SMILES string of the molecule is COc1c(C(=O)NCCN2CCCC2)sc2c1c(=O)n(CC(=O)c1ccccc1)c1ccccc21.O=C(O)C(F)(F)F. The number of rotatable bonds is 8. The van der Waals surface area contributed by atoms with E-state index in [2.05, 4.69) is 10.2 Å². The summed E-state index contributed by atoms with van der Waals surface area (Å²) in [7, 11) is 1.47. The first kappa shape index (κ1) is 30.7. The summed E-state index contributed by atoms with van der Waals surface area (Å²) in [6.07, 6.45) is -2.69. The van der Waals surface area contributed by atoms with E-state index in [0.29, 0.717) is 32.6 Å². The second-order valence-corrected chi connectivity index (χ2v) is 10.5. The summed E-state index contributed by atoms with van der Waals surface area (Å²) in [4.78, 5) is 51.4. The van der Waals surface area contributed by atoms with E-state index in [0.717, 1.165) is 25.0 Å². The van der Waals surface area contributed by atoms with Crippen LogP contribution < -0.4 is 15.6 Å². The Hall–Kier alpha value is -4.23. The molecule has 1 aliphatic rings. The van der Waals surface area contributed by atoms with Crippen molar-refractivity contribution in [2.75, 3.05) is 33.3 Å². The van der Waals surface area contributed by atoms with Gasteiger partial charge in [0.2, 0.25) is 0 Å². The van der Waals surface area contributed by atoms with Gasteiger partial charge >= 0.3 is 12.1 Å².